The largest absolute Gasteiger partial charge is 0.461 e. The number of rotatable bonds is 4. The average molecular weight is 403 g/mol. The van der Waals surface area contributed by atoms with Crippen LogP contribution in [0.2, 0.25) is 0 Å². The summed E-state index contributed by atoms with van der Waals surface area (Å²) in [7, 11) is -0.879. The van der Waals surface area contributed by atoms with Crippen LogP contribution in [0.4, 0.5) is 0 Å². The number of aromatic nitrogens is 4. The second-order valence-electron chi connectivity index (χ2n) is 6.80. The standard InChI is InChI=1S/C21H17N5O2S/c1-13-8-14-9-18(3-5-20(14)28-13)29(22)17-2-4-19-15(10-17)11-24-26(21(19)27)12-16-6-7-23-25-16/h2-11,22H,12H2,1H3,(H,23,25). The number of aryl methyl sites for hydroxylation is 1. The molecule has 2 N–H and O–H groups in total. The van der Waals surface area contributed by atoms with Crippen LogP contribution < -0.4 is 5.56 Å². The first kappa shape index (κ1) is 17.6. The van der Waals surface area contributed by atoms with Gasteiger partial charge in [-0.05, 0) is 66.1 Å². The zero-order valence-electron chi connectivity index (χ0n) is 15.5. The number of nitrogens with one attached hydrogen (secondary N) is 2. The van der Waals surface area contributed by atoms with Crippen LogP contribution in [0.25, 0.3) is 21.7 Å². The van der Waals surface area contributed by atoms with Crippen molar-refractivity contribution in [1.82, 2.24) is 20.0 Å². The molecule has 144 valence electrons. The van der Waals surface area contributed by atoms with Gasteiger partial charge in [0.25, 0.3) is 5.56 Å². The zero-order valence-corrected chi connectivity index (χ0v) is 16.4. The molecule has 0 aliphatic heterocycles. The fourth-order valence-corrected chi connectivity index (χ4v) is 4.53. The number of aromatic amines is 1. The number of hydrogen-bond acceptors (Lipinski definition) is 5. The molecule has 0 saturated carbocycles. The Balaban J connectivity index is 1.51. The van der Waals surface area contributed by atoms with Gasteiger partial charge in [-0.2, -0.15) is 10.2 Å². The third kappa shape index (κ3) is 3.17. The van der Waals surface area contributed by atoms with Crippen LogP contribution in [0, 0.1) is 11.7 Å². The lowest BCUT2D eigenvalue weighted by atomic mass is 10.2. The molecule has 8 heteroatoms. The van der Waals surface area contributed by atoms with Gasteiger partial charge >= 0.3 is 0 Å². The Morgan fingerprint density at radius 1 is 1.10 bits per heavy atom. The predicted octanol–water partition coefficient (Wildman–Crippen LogP) is 4.02. The summed E-state index contributed by atoms with van der Waals surface area (Å²) >= 11 is 0. The van der Waals surface area contributed by atoms with E-state index in [-0.39, 0.29) is 5.56 Å². The molecular weight excluding hydrogens is 386 g/mol. The van der Waals surface area contributed by atoms with Crippen molar-refractivity contribution in [2.75, 3.05) is 0 Å². The van der Waals surface area contributed by atoms with Crippen molar-refractivity contribution < 1.29 is 4.42 Å². The number of hydrogen-bond donors (Lipinski definition) is 2. The smallest absolute Gasteiger partial charge is 0.274 e. The zero-order chi connectivity index (χ0) is 20.0. The van der Waals surface area contributed by atoms with E-state index >= 15 is 0 Å². The van der Waals surface area contributed by atoms with E-state index in [1.54, 1.807) is 18.5 Å². The second-order valence-corrected chi connectivity index (χ2v) is 8.36. The van der Waals surface area contributed by atoms with Crippen molar-refractivity contribution in [2.45, 2.75) is 23.3 Å². The van der Waals surface area contributed by atoms with Gasteiger partial charge in [-0.3, -0.25) is 14.7 Å². The van der Waals surface area contributed by atoms with Crippen LogP contribution in [0.5, 0.6) is 0 Å². The number of fused-ring (bicyclic) bond motifs is 2. The van der Waals surface area contributed by atoms with Gasteiger partial charge in [-0.1, -0.05) is 0 Å². The summed E-state index contributed by atoms with van der Waals surface area (Å²) in [5.74, 6) is 0.852. The van der Waals surface area contributed by atoms with Crippen LogP contribution in [-0.2, 0) is 17.2 Å². The Labute approximate surface area is 167 Å². The molecule has 5 aromatic rings. The fraction of sp³-hybridized carbons (Fsp3) is 0.0952. The number of H-pyrrole nitrogens is 1. The Bertz CT molecular complexity index is 1430. The molecule has 5 rings (SSSR count). The maximum atomic E-state index is 12.8. The number of nitrogens with zero attached hydrogens (tertiary/aromatic N) is 3. The molecule has 0 aliphatic carbocycles. The monoisotopic (exact) mass is 403 g/mol. The number of furan rings is 1. The molecule has 0 radical (unpaired) electrons. The van der Waals surface area contributed by atoms with Crippen molar-refractivity contribution in [1.29, 1.82) is 4.78 Å². The molecule has 1 atom stereocenters. The molecule has 29 heavy (non-hydrogen) atoms. The molecule has 0 bridgehead atoms. The minimum absolute atomic E-state index is 0.163. The van der Waals surface area contributed by atoms with Crippen molar-refractivity contribution in [3.63, 3.8) is 0 Å². The van der Waals surface area contributed by atoms with E-state index in [2.05, 4.69) is 15.3 Å². The Morgan fingerprint density at radius 2 is 1.90 bits per heavy atom. The molecule has 0 amide bonds. The van der Waals surface area contributed by atoms with Crippen molar-refractivity contribution >= 4 is 32.4 Å². The minimum Gasteiger partial charge on any atom is -0.461 e. The van der Waals surface area contributed by atoms with Gasteiger partial charge in [-0.25, -0.2) is 4.68 Å². The van der Waals surface area contributed by atoms with Gasteiger partial charge in [0, 0.05) is 26.8 Å². The van der Waals surface area contributed by atoms with Crippen molar-refractivity contribution in [3.8, 4) is 0 Å². The van der Waals surface area contributed by atoms with E-state index in [9.17, 15) is 4.79 Å². The van der Waals surface area contributed by atoms with Gasteiger partial charge in [-0.15, -0.1) is 0 Å². The molecule has 2 aromatic carbocycles. The molecule has 0 aliphatic rings. The summed E-state index contributed by atoms with van der Waals surface area (Å²) in [6, 6.07) is 15.1. The quantitative estimate of drug-likeness (QED) is 0.473. The molecule has 3 heterocycles. The molecule has 3 aromatic heterocycles. The summed E-state index contributed by atoms with van der Waals surface area (Å²) in [5.41, 5.74) is 1.47. The van der Waals surface area contributed by atoms with Crippen LogP contribution in [0.3, 0.4) is 0 Å². The maximum Gasteiger partial charge on any atom is 0.274 e. The van der Waals surface area contributed by atoms with Crippen LogP contribution >= 0.6 is 0 Å². The average Bonchev–Trinajstić information content (AvgIpc) is 3.37. The first-order chi connectivity index (χ1) is 14.1. The predicted molar refractivity (Wildman–Crippen MR) is 111 cm³/mol. The molecule has 0 saturated heterocycles. The topological polar surface area (TPSA) is 101 Å². The van der Waals surface area contributed by atoms with E-state index < -0.39 is 10.7 Å². The maximum absolute atomic E-state index is 12.8. The number of benzene rings is 2. The summed E-state index contributed by atoms with van der Waals surface area (Å²) in [4.78, 5) is 14.5. The van der Waals surface area contributed by atoms with Gasteiger partial charge in [0.05, 0.1) is 23.8 Å². The van der Waals surface area contributed by atoms with E-state index in [4.69, 9.17) is 9.20 Å². The Kier molecular flexibility index (Phi) is 4.13. The third-order valence-corrected chi connectivity index (χ3v) is 6.24. The molecular formula is C21H17N5O2S. The lowest BCUT2D eigenvalue weighted by Crippen LogP contribution is -2.23. The van der Waals surface area contributed by atoms with Gasteiger partial charge in [0.1, 0.15) is 11.3 Å². The SMILES string of the molecule is Cc1cc2cc(S(=N)c3ccc4c(=O)n(Cc5ccn[nH]5)ncc4c3)ccc2o1. The van der Waals surface area contributed by atoms with Crippen molar-refractivity contribution in [3.05, 3.63) is 82.7 Å². The molecule has 0 spiro atoms. The first-order valence-corrected chi connectivity index (χ1v) is 10.2. The molecule has 1 unspecified atom stereocenters. The Hall–Kier alpha value is -3.52. The fourth-order valence-electron chi connectivity index (χ4n) is 3.36. The molecule has 0 fully saturated rings. The summed E-state index contributed by atoms with van der Waals surface area (Å²) in [5, 5.41) is 13.3. The van der Waals surface area contributed by atoms with Gasteiger partial charge in [0.2, 0.25) is 0 Å². The first-order valence-electron chi connectivity index (χ1n) is 9.02. The van der Waals surface area contributed by atoms with Crippen molar-refractivity contribution in [2.24, 2.45) is 0 Å². The second kappa shape index (κ2) is 6.82. The lowest BCUT2D eigenvalue weighted by Gasteiger charge is -2.09. The third-order valence-electron chi connectivity index (χ3n) is 4.78. The molecule has 7 nitrogen and oxygen atoms in total. The van der Waals surface area contributed by atoms with Crippen LogP contribution in [0.15, 0.2) is 79.9 Å². The van der Waals surface area contributed by atoms with E-state index in [1.165, 1.54) is 4.68 Å². The lowest BCUT2D eigenvalue weighted by molar-refractivity contribution is 0.578. The van der Waals surface area contributed by atoms with E-state index in [1.807, 2.05) is 49.4 Å². The highest BCUT2D eigenvalue weighted by atomic mass is 32.2. The highest BCUT2D eigenvalue weighted by Gasteiger charge is 2.10. The van der Waals surface area contributed by atoms with E-state index in [0.717, 1.165) is 37.6 Å². The van der Waals surface area contributed by atoms with Gasteiger partial charge < -0.3 is 4.42 Å². The van der Waals surface area contributed by atoms with Crippen LogP contribution in [0.1, 0.15) is 11.5 Å². The summed E-state index contributed by atoms with van der Waals surface area (Å²) in [6.45, 7) is 2.25. The normalized spacial score (nSPS) is 12.6. The van der Waals surface area contributed by atoms with Gasteiger partial charge in [0.15, 0.2) is 0 Å². The van der Waals surface area contributed by atoms with Crippen LogP contribution in [-0.4, -0.2) is 20.0 Å². The highest BCUT2D eigenvalue weighted by molar-refractivity contribution is 7.86. The Morgan fingerprint density at radius 3 is 2.69 bits per heavy atom. The highest BCUT2D eigenvalue weighted by Crippen LogP contribution is 2.26. The summed E-state index contributed by atoms with van der Waals surface area (Å²) < 4.78 is 15.7. The van der Waals surface area contributed by atoms with E-state index in [0.29, 0.717) is 11.9 Å². The minimum atomic E-state index is -0.879. The summed E-state index contributed by atoms with van der Waals surface area (Å²) in [6.07, 6.45) is 3.32.